The molecule has 4 nitrogen and oxygen atoms in total. The Bertz CT molecular complexity index is 905. The summed E-state index contributed by atoms with van der Waals surface area (Å²) in [5.41, 5.74) is 1.71. The van der Waals surface area contributed by atoms with Crippen molar-refractivity contribution in [1.29, 1.82) is 0 Å². The molecular weight excluding hydrogens is 308 g/mol. The summed E-state index contributed by atoms with van der Waals surface area (Å²) in [7, 11) is 0. The predicted octanol–water partition coefficient (Wildman–Crippen LogP) is 3.42. The van der Waals surface area contributed by atoms with E-state index in [1.165, 1.54) is 4.57 Å². The van der Waals surface area contributed by atoms with Crippen molar-refractivity contribution in [1.82, 2.24) is 4.57 Å². The van der Waals surface area contributed by atoms with Crippen LogP contribution in [0.1, 0.15) is 12.6 Å². The van der Waals surface area contributed by atoms with Crippen LogP contribution in [-0.4, -0.2) is 17.0 Å². The van der Waals surface area contributed by atoms with Gasteiger partial charge in [0.2, 0.25) is 5.91 Å². The first kappa shape index (κ1) is 15.5. The fourth-order valence-corrected chi connectivity index (χ4v) is 3.48. The third-order valence-electron chi connectivity index (χ3n) is 3.94. The maximum absolute atomic E-state index is 12.8. The molecule has 0 aliphatic rings. The molecule has 0 radical (unpaired) electrons. The second-order valence-corrected chi connectivity index (χ2v) is 6.19. The van der Waals surface area contributed by atoms with Crippen molar-refractivity contribution in [3.05, 3.63) is 63.2 Å². The van der Waals surface area contributed by atoms with E-state index in [-0.39, 0.29) is 17.3 Å². The Labute approximate surface area is 138 Å². The van der Waals surface area contributed by atoms with Gasteiger partial charge in [0.1, 0.15) is 6.54 Å². The molecule has 0 spiro atoms. The van der Waals surface area contributed by atoms with E-state index in [4.69, 9.17) is 0 Å². The van der Waals surface area contributed by atoms with Crippen molar-refractivity contribution < 1.29 is 4.79 Å². The van der Waals surface area contributed by atoms with Gasteiger partial charge in [-0.25, -0.2) is 0 Å². The minimum atomic E-state index is -0.0928. The maximum Gasteiger partial charge on any atom is 0.307 e. The van der Waals surface area contributed by atoms with Gasteiger partial charge in [0.05, 0.1) is 5.69 Å². The number of thiazole rings is 1. The van der Waals surface area contributed by atoms with Crippen molar-refractivity contribution >= 4 is 33.7 Å². The second kappa shape index (κ2) is 6.38. The van der Waals surface area contributed by atoms with Crippen LogP contribution in [0.3, 0.4) is 0 Å². The van der Waals surface area contributed by atoms with Crippen LogP contribution in [0.5, 0.6) is 0 Å². The molecule has 5 heteroatoms. The lowest BCUT2D eigenvalue weighted by Gasteiger charge is -2.23. The lowest BCUT2D eigenvalue weighted by atomic mass is 10.1. The fourth-order valence-electron chi connectivity index (χ4n) is 2.74. The van der Waals surface area contributed by atoms with E-state index in [1.54, 1.807) is 10.3 Å². The predicted molar refractivity (Wildman–Crippen MR) is 95.3 cm³/mol. The van der Waals surface area contributed by atoms with E-state index >= 15 is 0 Å². The molecule has 2 aromatic carbocycles. The summed E-state index contributed by atoms with van der Waals surface area (Å²) in [6.07, 6.45) is 0. The molecule has 1 heterocycles. The number of aromatic nitrogens is 1. The topological polar surface area (TPSA) is 42.3 Å². The van der Waals surface area contributed by atoms with Crippen LogP contribution in [0.25, 0.3) is 10.8 Å². The smallest absolute Gasteiger partial charge is 0.307 e. The quantitative estimate of drug-likeness (QED) is 0.737. The molecule has 0 saturated carbocycles. The summed E-state index contributed by atoms with van der Waals surface area (Å²) < 4.78 is 1.53. The molecule has 0 saturated heterocycles. The first-order chi connectivity index (χ1) is 11.1. The van der Waals surface area contributed by atoms with Gasteiger partial charge in [-0.2, -0.15) is 0 Å². The molecule has 1 amide bonds. The number of amides is 1. The number of rotatable bonds is 4. The molecule has 118 valence electrons. The first-order valence-corrected chi connectivity index (χ1v) is 8.43. The van der Waals surface area contributed by atoms with E-state index in [0.717, 1.165) is 33.5 Å². The number of hydrogen-bond donors (Lipinski definition) is 0. The number of likely N-dealkylation sites (N-methyl/N-ethyl adjacent to an activating group) is 1. The first-order valence-electron chi connectivity index (χ1n) is 7.55. The van der Waals surface area contributed by atoms with Gasteiger partial charge < -0.3 is 4.90 Å². The Morgan fingerprint density at radius 2 is 1.91 bits per heavy atom. The summed E-state index contributed by atoms with van der Waals surface area (Å²) in [6.45, 7) is 4.43. The fraction of sp³-hybridized carbons (Fsp3) is 0.222. The average Bonchev–Trinajstić information content (AvgIpc) is 2.88. The number of fused-ring (bicyclic) bond motifs is 1. The second-order valence-electron chi connectivity index (χ2n) is 5.37. The Kier molecular flexibility index (Phi) is 4.30. The molecule has 0 unspecified atom stereocenters. The van der Waals surface area contributed by atoms with Gasteiger partial charge in [0.25, 0.3) is 0 Å². The molecule has 0 fully saturated rings. The van der Waals surface area contributed by atoms with E-state index in [9.17, 15) is 9.59 Å². The highest BCUT2D eigenvalue weighted by molar-refractivity contribution is 7.07. The SMILES string of the molecule is CCN(C(=O)Cn1c(C)csc1=O)c1cccc2ccccc12. The molecule has 3 rings (SSSR count). The van der Waals surface area contributed by atoms with Gasteiger partial charge in [-0.3, -0.25) is 14.2 Å². The van der Waals surface area contributed by atoms with Crippen LogP contribution in [0.4, 0.5) is 5.69 Å². The van der Waals surface area contributed by atoms with Crippen LogP contribution in [-0.2, 0) is 11.3 Å². The van der Waals surface area contributed by atoms with Crippen LogP contribution in [0.2, 0.25) is 0 Å². The van der Waals surface area contributed by atoms with E-state index < -0.39 is 0 Å². The number of benzene rings is 2. The Balaban J connectivity index is 1.98. The van der Waals surface area contributed by atoms with Gasteiger partial charge in [-0.15, -0.1) is 0 Å². The van der Waals surface area contributed by atoms with Crippen LogP contribution < -0.4 is 9.77 Å². The normalized spacial score (nSPS) is 10.9. The molecule has 0 aliphatic heterocycles. The number of anilines is 1. The van der Waals surface area contributed by atoms with Crippen molar-refractivity contribution in [2.75, 3.05) is 11.4 Å². The van der Waals surface area contributed by atoms with E-state index in [2.05, 4.69) is 0 Å². The number of carbonyl (C=O) groups is 1. The third kappa shape index (κ3) is 2.92. The van der Waals surface area contributed by atoms with Crippen molar-refractivity contribution in [3.8, 4) is 0 Å². The Morgan fingerprint density at radius 3 is 2.61 bits per heavy atom. The Hall–Kier alpha value is -2.40. The minimum Gasteiger partial charge on any atom is -0.311 e. The standard InChI is InChI=1S/C18H18N2O2S/c1-3-19(17(21)11-20-13(2)12-23-18(20)22)16-10-6-8-14-7-4-5-9-15(14)16/h4-10,12H,3,11H2,1-2H3. The molecular formula is C18H18N2O2S. The number of nitrogens with zero attached hydrogens (tertiary/aromatic N) is 2. The van der Waals surface area contributed by atoms with E-state index in [0.29, 0.717) is 6.54 Å². The lowest BCUT2D eigenvalue weighted by Crippen LogP contribution is -2.36. The Morgan fingerprint density at radius 1 is 1.17 bits per heavy atom. The number of carbonyl (C=O) groups excluding carboxylic acids is 1. The van der Waals surface area contributed by atoms with E-state index in [1.807, 2.05) is 56.3 Å². The van der Waals surface area contributed by atoms with Gasteiger partial charge in [-0.1, -0.05) is 47.7 Å². The minimum absolute atomic E-state index is 0.0746. The molecule has 3 aromatic rings. The zero-order valence-corrected chi connectivity index (χ0v) is 14.0. The van der Waals surface area contributed by atoms with Gasteiger partial charge in [0, 0.05) is 23.0 Å². The average molecular weight is 326 g/mol. The molecule has 0 N–H and O–H groups in total. The van der Waals surface area contributed by atoms with Crippen molar-refractivity contribution in [2.24, 2.45) is 0 Å². The molecule has 0 atom stereocenters. The van der Waals surface area contributed by atoms with Crippen LogP contribution >= 0.6 is 11.3 Å². The van der Waals surface area contributed by atoms with Crippen LogP contribution in [0.15, 0.2) is 52.6 Å². The highest BCUT2D eigenvalue weighted by Crippen LogP contribution is 2.26. The molecule has 1 aromatic heterocycles. The summed E-state index contributed by atoms with van der Waals surface area (Å²) in [4.78, 5) is 26.3. The molecule has 0 aliphatic carbocycles. The molecule has 0 bridgehead atoms. The summed E-state index contributed by atoms with van der Waals surface area (Å²) in [5.74, 6) is -0.0764. The summed E-state index contributed by atoms with van der Waals surface area (Å²) in [6, 6.07) is 13.9. The number of aryl methyl sites for hydroxylation is 1. The third-order valence-corrected chi connectivity index (χ3v) is 4.83. The lowest BCUT2D eigenvalue weighted by molar-refractivity contribution is -0.119. The maximum atomic E-state index is 12.8. The van der Waals surface area contributed by atoms with Crippen molar-refractivity contribution in [2.45, 2.75) is 20.4 Å². The number of hydrogen-bond acceptors (Lipinski definition) is 3. The highest BCUT2D eigenvalue weighted by Gasteiger charge is 2.18. The monoisotopic (exact) mass is 326 g/mol. The van der Waals surface area contributed by atoms with Crippen molar-refractivity contribution in [3.63, 3.8) is 0 Å². The highest BCUT2D eigenvalue weighted by atomic mass is 32.1. The van der Waals surface area contributed by atoms with Gasteiger partial charge >= 0.3 is 4.87 Å². The van der Waals surface area contributed by atoms with Gasteiger partial charge in [-0.05, 0) is 25.3 Å². The summed E-state index contributed by atoms with van der Waals surface area (Å²) in [5, 5.41) is 3.92. The summed E-state index contributed by atoms with van der Waals surface area (Å²) >= 11 is 1.13. The van der Waals surface area contributed by atoms with Crippen LogP contribution in [0, 0.1) is 6.92 Å². The molecule has 23 heavy (non-hydrogen) atoms. The zero-order valence-electron chi connectivity index (χ0n) is 13.2. The zero-order chi connectivity index (χ0) is 16.4. The largest absolute Gasteiger partial charge is 0.311 e. The van der Waals surface area contributed by atoms with Gasteiger partial charge in [0.15, 0.2) is 0 Å².